The predicted octanol–water partition coefficient (Wildman–Crippen LogP) is 3.66. The van der Waals surface area contributed by atoms with E-state index in [0.29, 0.717) is 11.4 Å². The minimum Gasteiger partial charge on any atom is -0.272 e. The van der Waals surface area contributed by atoms with Gasteiger partial charge < -0.3 is 0 Å². The standard InChI is InChI=1S/C17H15ClN2O/c1-11-2-4-13(5-3-11)16-10-15(17(21)20-19-16)12-6-8-14(18)9-7-12/h2-9,15H,10H2,1H3,(H,20,21)/t15-/m1/s1. The molecule has 0 bridgehead atoms. The van der Waals surface area contributed by atoms with Crippen molar-refractivity contribution in [3.8, 4) is 0 Å². The Labute approximate surface area is 128 Å². The maximum Gasteiger partial charge on any atom is 0.248 e. The fourth-order valence-corrected chi connectivity index (χ4v) is 2.55. The van der Waals surface area contributed by atoms with Gasteiger partial charge in [0, 0.05) is 11.4 Å². The number of hydrogen-bond donors (Lipinski definition) is 1. The first kappa shape index (κ1) is 13.8. The lowest BCUT2D eigenvalue weighted by Gasteiger charge is -2.22. The van der Waals surface area contributed by atoms with Gasteiger partial charge in [-0.25, -0.2) is 5.43 Å². The summed E-state index contributed by atoms with van der Waals surface area (Å²) in [5.74, 6) is -0.302. The smallest absolute Gasteiger partial charge is 0.248 e. The molecule has 0 aromatic heterocycles. The zero-order valence-corrected chi connectivity index (χ0v) is 12.4. The Morgan fingerprint density at radius 2 is 1.76 bits per heavy atom. The normalized spacial score (nSPS) is 18.1. The summed E-state index contributed by atoms with van der Waals surface area (Å²) in [7, 11) is 0. The molecule has 21 heavy (non-hydrogen) atoms. The zero-order valence-electron chi connectivity index (χ0n) is 11.6. The highest BCUT2D eigenvalue weighted by Crippen LogP contribution is 2.26. The van der Waals surface area contributed by atoms with Gasteiger partial charge >= 0.3 is 0 Å². The monoisotopic (exact) mass is 298 g/mol. The quantitative estimate of drug-likeness (QED) is 0.903. The SMILES string of the molecule is Cc1ccc(C2=NNC(=O)[C@@H](c3ccc(Cl)cc3)C2)cc1. The second-order valence-corrected chi connectivity index (χ2v) is 5.65. The molecule has 1 N–H and O–H groups in total. The lowest BCUT2D eigenvalue weighted by molar-refractivity contribution is -0.122. The molecule has 0 saturated heterocycles. The molecule has 1 aliphatic rings. The second kappa shape index (κ2) is 5.70. The molecule has 0 aliphatic carbocycles. The van der Waals surface area contributed by atoms with Crippen molar-refractivity contribution in [3.63, 3.8) is 0 Å². The first-order valence-corrected chi connectivity index (χ1v) is 7.20. The predicted molar refractivity (Wildman–Crippen MR) is 84.7 cm³/mol. The van der Waals surface area contributed by atoms with E-state index >= 15 is 0 Å². The number of benzene rings is 2. The van der Waals surface area contributed by atoms with E-state index in [1.54, 1.807) is 0 Å². The molecule has 3 rings (SSSR count). The third-order valence-electron chi connectivity index (χ3n) is 3.67. The highest BCUT2D eigenvalue weighted by molar-refractivity contribution is 6.30. The fourth-order valence-electron chi connectivity index (χ4n) is 2.42. The van der Waals surface area contributed by atoms with Gasteiger partial charge in [0.25, 0.3) is 0 Å². The molecule has 4 heteroatoms. The lowest BCUT2D eigenvalue weighted by atomic mass is 9.89. The van der Waals surface area contributed by atoms with Gasteiger partial charge in [-0.05, 0) is 30.2 Å². The summed E-state index contributed by atoms with van der Waals surface area (Å²) in [5, 5.41) is 4.86. The second-order valence-electron chi connectivity index (χ2n) is 5.21. The summed E-state index contributed by atoms with van der Waals surface area (Å²) >= 11 is 5.90. The highest BCUT2D eigenvalue weighted by atomic mass is 35.5. The van der Waals surface area contributed by atoms with Crippen LogP contribution < -0.4 is 5.43 Å². The zero-order chi connectivity index (χ0) is 14.8. The molecule has 3 nitrogen and oxygen atoms in total. The van der Waals surface area contributed by atoms with E-state index in [0.717, 1.165) is 16.8 Å². The fraction of sp³-hybridized carbons (Fsp3) is 0.176. The van der Waals surface area contributed by atoms with Crippen LogP contribution in [-0.4, -0.2) is 11.6 Å². The summed E-state index contributed by atoms with van der Waals surface area (Å²) in [6.45, 7) is 2.05. The molecule has 1 aliphatic heterocycles. The molecule has 2 aromatic rings. The van der Waals surface area contributed by atoms with Gasteiger partial charge in [0.1, 0.15) is 0 Å². The summed E-state index contributed by atoms with van der Waals surface area (Å²) in [5.41, 5.74) is 6.72. The Morgan fingerprint density at radius 3 is 2.43 bits per heavy atom. The molecule has 1 heterocycles. The van der Waals surface area contributed by atoms with Crippen LogP contribution in [0, 0.1) is 6.92 Å². The average Bonchev–Trinajstić information content (AvgIpc) is 2.50. The number of carbonyl (C=O) groups is 1. The number of carbonyl (C=O) groups excluding carboxylic acids is 1. The van der Waals surface area contributed by atoms with Crippen molar-refractivity contribution in [2.24, 2.45) is 5.10 Å². The van der Waals surface area contributed by atoms with Crippen LogP contribution >= 0.6 is 11.6 Å². The van der Waals surface area contributed by atoms with Gasteiger partial charge in [-0.3, -0.25) is 4.79 Å². The first-order chi connectivity index (χ1) is 10.1. The first-order valence-electron chi connectivity index (χ1n) is 6.82. The van der Waals surface area contributed by atoms with Gasteiger partial charge in [0.05, 0.1) is 11.6 Å². The number of rotatable bonds is 2. The molecule has 0 saturated carbocycles. The van der Waals surface area contributed by atoms with Gasteiger partial charge in [0.15, 0.2) is 0 Å². The van der Waals surface area contributed by atoms with Crippen LogP contribution in [0.25, 0.3) is 0 Å². The molecule has 1 amide bonds. The van der Waals surface area contributed by atoms with Crippen LogP contribution in [0.5, 0.6) is 0 Å². The Balaban J connectivity index is 1.88. The summed E-state index contributed by atoms with van der Waals surface area (Å²) in [6, 6.07) is 15.6. The maximum atomic E-state index is 12.1. The van der Waals surface area contributed by atoms with E-state index in [-0.39, 0.29) is 11.8 Å². The van der Waals surface area contributed by atoms with Crippen molar-refractivity contribution in [1.82, 2.24) is 5.43 Å². The number of hydrogen-bond acceptors (Lipinski definition) is 2. The van der Waals surface area contributed by atoms with Gasteiger partial charge in [-0.1, -0.05) is 53.6 Å². The molecular weight excluding hydrogens is 284 g/mol. The average molecular weight is 299 g/mol. The van der Waals surface area contributed by atoms with Crippen LogP contribution in [0.1, 0.15) is 29.0 Å². The van der Waals surface area contributed by atoms with Crippen molar-refractivity contribution < 1.29 is 4.79 Å². The Bertz CT molecular complexity index is 690. The van der Waals surface area contributed by atoms with E-state index in [1.165, 1.54) is 5.56 Å². The molecule has 2 aromatic carbocycles. The van der Waals surface area contributed by atoms with Crippen LogP contribution in [0.2, 0.25) is 5.02 Å². The summed E-state index contributed by atoms with van der Waals surface area (Å²) in [4.78, 5) is 12.1. The third kappa shape index (κ3) is 2.98. The number of halogens is 1. The summed E-state index contributed by atoms with van der Waals surface area (Å²) < 4.78 is 0. The summed E-state index contributed by atoms with van der Waals surface area (Å²) in [6.07, 6.45) is 0.594. The van der Waals surface area contributed by atoms with Gasteiger partial charge in [0.2, 0.25) is 5.91 Å². The number of nitrogens with one attached hydrogen (secondary N) is 1. The molecule has 0 unspecified atom stereocenters. The third-order valence-corrected chi connectivity index (χ3v) is 3.92. The molecule has 106 valence electrons. The van der Waals surface area contributed by atoms with Gasteiger partial charge in [-0.15, -0.1) is 0 Å². The van der Waals surface area contributed by atoms with Crippen LogP contribution in [0.4, 0.5) is 0 Å². The van der Waals surface area contributed by atoms with Crippen LogP contribution in [0.3, 0.4) is 0 Å². The van der Waals surface area contributed by atoms with Crippen LogP contribution in [0.15, 0.2) is 53.6 Å². The lowest BCUT2D eigenvalue weighted by Crippen LogP contribution is -2.33. The number of hydrazone groups is 1. The molecule has 0 fully saturated rings. The van der Waals surface area contributed by atoms with Gasteiger partial charge in [-0.2, -0.15) is 5.10 Å². The van der Waals surface area contributed by atoms with Crippen LogP contribution in [-0.2, 0) is 4.79 Å². The van der Waals surface area contributed by atoms with E-state index in [1.807, 2.05) is 55.5 Å². The molecular formula is C17H15ClN2O. The minimum absolute atomic E-state index is 0.0758. The number of amides is 1. The number of nitrogens with zero attached hydrogens (tertiary/aromatic N) is 1. The van der Waals surface area contributed by atoms with Crippen molar-refractivity contribution in [2.45, 2.75) is 19.3 Å². The largest absolute Gasteiger partial charge is 0.272 e. The number of aryl methyl sites for hydroxylation is 1. The Kier molecular flexibility index (Phi) is 3.76. The Morgan fingerprint density at radius 1 is 1.10 bits per heavy atom. The van der Waals surface area contributed by atoms with E-state index in [4.69, 9.17) is 11.6 Å². The van der Waals surface area contributed by atoms with E-state index in [9.17, 15) is 4.79 Å². The minimum atomic E-state index is -0.226. The molecule has 0 radical (unpaired) electrons. The maximum absolute atomic E-state index is 12.1. The van der Waals surface area contributed by atoms with Crippen molar-refractivity contribution in [2.75, 3.05) is 0 Å². The van der Waals surface area contributed by atoms with E-state index < -0.39 is 0 Å². The van der Waals surface area contributed by atoms with Crippen molar-refractivity contribution >= 4 is 23.2 Å². The highest BCUT2D eigenvalue weighted by Gasteiger charge is 2.27. The van der Waals surface area contributed by atoms with Crippen molar-refractivity contribution in [3.05, 3.63) is 70.2 Å². The topological polar surface area (TPSA) is 41.5 Å². The molecule has 0 spiro atoms. The van der Waals surface area contributed by atoms with Crippen molar-refractivity contribution in [1.29, 1.82) is 0 Å². The Hall–Kier alpha value is -2.13. The van der Waals surface area contributed by atoms with E-state index in [2.05, 4.69) is 10.5 Å². The molecule has 1 atom stereocenters.